The first-order chi connectivity index (χ1) is 12.7. The molecule has 3 aliphatic heterocycles. The van der Waals surface area contributed by atoms with Crippen LogP contribution in [0.15, 0.2) is 24.5 Å². The Morgan fingerprint density at radius 2 is 1.92 bits per heavy atom. The summed E-state index contributed by atoms with van der Waals surface area (Å²) < 4.78 is 10.9. The van der Waals surface area contributed by atoms with Crippen molar-refractivity contribution in [1.82, 2.24) is 19.7 Å². The smallest absolute Gasteiger partial charge is 0.410 e. The van der Waals surface area contributed by atoms with Gasteiger partial charge < -0.3 is 14.4 Å². The number of hydrogen-bond donors (Lipinski definition) is 0. The van der Waals surface area contributed by atoms with Crippen molar-refractivity contribution in [1.29, 1.82) is 0 Å². The number of ether oxygens (including phenoxy) is 2. The van der Waals surface area contributed by atoms with Crippen molar-refractivity contribution in [2.75, 3.05) is 52.5 Å². The van der Waals surface area contributed by atoms with Gasteiger partial charge in [-0.25, -0.2) is 4.79 Å². The average Bonchev–Trinajstić information content (AvgIpc) is 3.21. The third-order valence-corrected chi connectivity index (χ3v) is 5.32. The van der Waals surface area contributed by atoms with E-state index in [2.05, 4.69) is 9.88 Å². The highest BCUT2D eigenvalue weighted by Gasteiger charge is 2.48. The molecule has 0 aromatic carbocycles. The number of likely N-dealkylation sites (tertiary alicyclic amines) is 1. The molecule has 3 fully saturated rings. The van der Waals surface area contributed by atoms with Gasteiger partial charge in [0, 0.05) is 50.7 Å². The molecule has 4 rings (SSSR count). The lowest BCUT2D eigenvalue weighted by Crippen LogP contribution is -2.42. The first kappa shape index (κ1) is 17.2. The minimum absolute atomic E-state index is 0.0360. The number of amides is 2. The Hall–Kier alpha value is -2.19. The van der Waals surface area contributed by atoms with Gasteiger partial charge in [-0.15, -0.1) is 0 Å². The van der Waals surface area contributed by atoms with Crippen LogP contribution in [0.5, 0.6) is 0 Å². The number of nitrogens with zero attached hydrogens (tertiary/aromatic N) is 4. The van der Waals surface area contributed by atoms with Crippen LogP contribution in [0.1, 0.15) is 16.8 Å². The number of fused-ring (bicyclic) bond motifs is 1. The fourth-order valence-corrected chi connectivity index (χ4v) is 3.89. The molecule has 4 heterocycles. The Labute approximate surface area is 152 Å². The monoisotopic (exact) mass is 360 g/mol. The number of pyridine rings is 1. The number of aromatic nitrogens is 1. The van der Waals surface area contributed by atoms with Crippen LogP contribution in [0, 0.1) is 0 Å². The predicted octanol–water partition coefficient (Wildman–Crippen LogP) is 0.449. The van der Waals surface area contributed by atoms with Crippen LogP contribution in [-0.2, 0) is 9.47 Å². The fraction of sp³-hybridized carbons (Fsp3) is 0.611. The zero-order valence-electron chi connectivity index (χ0n) is 14.7. The second-order valence-electron chi connectivity index (χ2n) is 6.94. The van der Waals surface area contributed by atoms with E-state index in [9.17, 15) is 9.59 Å². The van der Waals surface area contributed by atoms with Gasteiger partial charge in [0.25, 0.3) is 5.91 Å². The summed E-state index contributed by atoms with van der Waals surface area (Å²) in [6.45, 7) is 6.05. The van der Waals surface area contributed by atoms with Gasteiger partial charge in [-0.3, -0.25) is 19.6 Å². The van der Waals surface area contributed by atoms with E-state index in [1.165, 1.54) is 0 Å². The summed E-state index contributed by atoms with van der Waals surface area (Å²) >= 11 is 0. The first-order valence-electron chi connectivity index (χ1n) is 9.19. The molecule has 3 aliphatic rings. The second kappa shape index (κ2) is 7.59. The molecule has 0 N–H and O–H groups in total. The summed E-state index contributed by atoms with van der Waals surface area (Å²) in [6.07, 6.45) is 3.65. The van der Waals surface area contributed by atoms with Crippen LogP contribution in [-0.4, -0.2) is 96.3 Å². The van der Waals surface area contributed by atoms with Gasteiger partial charge in [0.1, 0.15) is 6.10 Å². The highest BCUT2D eigenvalue weighted by molar-refractivity contribution is 5.94. The number of carbonyl (C=O) groups excluding carboxylic acids is 2. The molecule has 1 aromatic heterocycles. The lowest BCUT2D eigenvalue weighted by atomic mass is 10.2. The van der Waals surface area contributed by atoms with Gasteiger partial charge in [0.05, 0.1) is 25.8 Å². The van der Waals surface area contributed by atoms with Crippen molar-refractivity contribution < 1.29 is 19.1 Å². The zero-order valence-corrected chi connectivity index (χ0v) is 14.7. The summed E-state index contributed by atoms with van der Waals surface area (Å²) in [6, 6.07) is 3.38. The largest absolute Gasteiger partial charge is 0.442 e. The highest BCUT2D eigenvalue weighted by Crippen LogP contribution is 2.28. The Bertz CT molecular complexity index is 650. The quantitative estimate of drug-likeness (QED) is 0.759. The molecule has 0 radical (unpaired) electrons. The van der Waals surface area contributed by atoms with Gasteiger partial charge >= 0.3 is 6.09 Å². The van der Waals surface area contributed by atoms with Crippen LogP contribution in [0.4, 0.5) is 4.79 Å². The average molecular weight is 360 g/mol. The standard InChI is InChI=1S/C18H24N4O4/c23-17(14-2-4-19-5-3-14)21-12-15-16(13-21)26-18(24)22(15)7-1-6-20-8-10-25-11-9-20/h2-5,15-16H,1,6-13H2/t15-,16+/m0/s1. The predicted molar refractivity (Wildman–Crippen MR) is 92.8 cm³/mol. The van der Waals surface area contributed by atoms with Gasteiger partial charge in [-0.1, -0.05) is 0 Å². The van der Waals surface area contributed by atoms with Gasteiger partial charge in [-0.05, 0) is 18.6 Å². The molecule has 0 saturated carbocycles. The van der Waals surface area contributed by atoms with E-state index < -0.39 is 0 Å². The zero-order chi connectivity index (χ0) is 17.9. The molecule has 2 atom stereocenters. The fourth-order valence-electron chi connectivity index (χ4n) is 3.89. The molecular formula is C18H24N4O4. The first-order valence-corrected chi connectivity index (χ1v) is 9.19. The summed E-state index contributed by atoms with van der Waals surface area (Å²) in [5, 5.41) is 0. The number of morpholine rings is 1. The molecule has 8 nitrogen and oxygen atoms in total. The lowest BCUT2D eigenvalue weighted by Gasteiger charge is -2.28. The Kier molecular flexibility index (Phi) is 5.03. The maximum Gasteiger partial charge on any atom is 0.410 e. The summed E-state index contributed by atoms with van der Waals surface area (Å²) in [4.78, 5) is 34.7. The molecule has 0 bridgehead atoms. The molecule has 140 valence electrons. The topological polar surface area (TPSA) is 75.2 Å². The van der Waals surface area contributed by atoms with Crippen LogP contribution in [0.3, 0.4) is 0 Å². The normalized spacial score (nSPS) is 26.1. The van der Waals surface area contributed by atoms with E-state index in [-0.39, 0.29) is 24.1 Å². The van der Waals surface area contributed by atoms with Crippen molar-refractivity contribution in [3.05, 3.63) is 30.1 Å². The Morgan fingerprint density at radius 1 is 1.15 bits per heavy atom. The van der Waals surface area contributed by atoms with Gasteiger partial charge in [-0.2, -0.15) is 0 Å². The van der Waals surface area contributed by atoms with E-state index >= 15 is 0 Å². The van der Waals surface area contributed by atoms with Crippen molar-refractivity contribution >= 4 is 12.0 Å². The van der Waals surface area contributed by atoms with Crippen LogP contribution >= 0.6 is 0 Å². The third-order valence-electron chi connectivity index (χ3n) is 5.32. The van der Waals surface area contributed by atoms with Crippen molar-refractivity contribution in [3.8, 4) is 0 Å². The van der Waals surface area contributed by atoms with Crippen molar-refractivity contribution in [2.45, 2.75) is 18.6 Å². The Balaban J connectivity index is 1.32. The number of hydrogen-bond acceptors (Lipinski definition) is 6. The molecule has 3 saturated heterocycles. The summed E-state index contributed by atoms with van der Waals surface area (Å²) in [5.74, 6) is -0.0360. The maximum absolute atomic E-state index is 12.6. The third kappa shape index (κ3) is 3.52. The number of carbonyl (C=O) groups is 2. The van der Waals surface area contributed by atoms with E-state index in [0.29, 0.717) is 25.2 Å². The van der Waals surface area contributed by atoms with Crippen LogP contribution in [0.2, 0.25) is 0 Å². The molecule has 2 amide bonds. The minimum atomic E-state index is -0.252. The summed E-state index contributed by atoms with van der Waals surface area (Å²) in [7, 11) is 0. The number of rotatable bonds is 5. The second-order valence-corrected chi connectivity index (χ2v) is 6.94. The summed E-state index contributed by atoms with van der Waals surface area (Å²) in [5.41, 5.74) is 0.616. The lowest BCUT2D eigenvalue weighted by molar-refractivity contribution is 0.0362. The highest BCUT2D eigenvalue weighted by atomic mass is 16.6. The molecular weight excluding hydrogens is 336 g/mol. The molecule has 0 spiro atoms. The van der Waals surface area contributed by atoms with Gasteiger partial charge in [0.15, 0.2) is 0 Å². The van der Waals surface area contributed by atoms with Crippen LogP contribution in [0.25, 0.3) is 0 Å². The van der Waals surface area contributed by atoms with E-state index in [1.54, 1.807) is 34.3 Å². The SMILES string of the molecule is O=C(c1ccncc1)N1C[C@H]2OC(=O)N(CCCN3CCOCC3)[C@H]2C1. The molecule has 8 heteroatoms. The van der Waals surface area contributed by atoms with Crippen LogP contribution < -0.4 is 0 Å². The molecule has 26 heavy (non-hydrogen) atoms. The van der Waals surface area contributed by atoms with Crippen molar-refractivity contribution in [2.24, 2.45) is 0 Å². The van der Waals surface area contributed by atoms with Gasteiger partial charge in [0.2, 0.25) is 0 Å². The maximum atomic E-state index is 12.6. The van der Waals surface area contributed by atoms with Crippen molar-refractivity contribution in [3.63, 3.8) is 0 Å². The van der Waals surface area contributed by atoms with E-state index in [4.69, 9.17) is 9.47 Å². The molecule has 1 aromatic rings. The minimum Gasteiger partial charge on any atom is -0.442 e. The molecule has 0 unspecified atom stereocenters. The Morgan fingerprint density at radius 3 is 2.69 bits per heavy atom. The van der Waals surface area contributed by atoms with E-state index in [0.717, 1.165) is 39.3 Å². The van der Waals surface area contributed by atoms with E-state index in [1.807, 2.05) is 0 Å². The molecule has 0 aliphatic carbocycles.